The van der Waals surface area contributed by atoms with Crippen molar-refractivity contribution in [2.45, 2.75) is 13.8 Å². The Bertz CT molecular complexity index is 919. The summed E-state index contributed by atoms with van der Waals surface area (Å²) in [5, 5.41) is 25.7. The van der Waals surface area contributed by atoms with E-state index in [1.807, 2.05) is 24.3 Å². The van der Waals surface area contributed by atoms with Crippen molar-refractivity contribution in [2.24, 2.45) is 0 Å². The fraction of sp³-hybridized carbons (Fsp3) is 0.111. The van der Waals surface area contributed by atoms with Gasteiger partial charge < -0.3 is 5.32 Å². The van der Waals surface area contributed by atoms with E-state index < -0.39 is 0 Å². The number of rotatable bonds is 4. The Labute approximate surface area is 139 Å². The summed E-state index contributed by atoms with van der Waals surface area (Å²) in [6, 6.07) is 16.4. The van der Waals surface area contributed by atoms with Gasteiger partial charge in [-0.05, 0) is 53.4 Å². The van der Waals surface area contributed by atoms with Crippen molar-refractivity contribution in [1.82, 2.24) is 20.6 Å². The van der Waals surface area contributed by atoms with E-state index in [9.17, 15) is 5.26 Å². The maximum atomic E-state index is 9.19. The van der Waals surface area contributed by atoms with Gasteiger partial charge in [0.05, 0.1) is 0 Å². The largest absolute Gasteiger partial charge is 0.360 e. The van der Waals surface area contributed by atoms with Crippen LogP contribution in [0.3, 0.4) is 0 Å². The number of aromatic amines is 1. The number of benzene rings is 2. The van der Waals surface area contributed by atoms with Crippen LogP contribution in [-0.4, -0.2) is 20.6 Å². The third-order valence-electron chi connectivity index (χ3n) is 3.79. The molecule has 6 heteroatoms. The van der Waals surface area contributed by atoms with Crippen molar-refractivity contribution in [1.29, 1.82) is 5.26 Å². The number of nitrogens with one attached hydrogen (secondary N) is 2. The van der Waals surface area contributed by atoms with E-state index >= 15 is 0 Å². The zero-order valence-electron chi connectivity index (χ0n) is 13.4. The van der Waals surface area contributed by atoms with Gasteiger partial charge in [-0.2, -0.15) is 10.5 Å². The molecular weight excluding hydrogens is 300 g/mol. The van der Waals surface area contributed by atoms with Crippen LogP contribution in [0.15, 0.2) is 48.7 Å². The van der Waals surface area contributed by atoms with E-state index in [0.717, 1.165) is 16.8 Å². The number of allylic oxidation sites excluding steroid dienone is 1. The summed E-state index contributed by atoms with van der Waals surface area (Å²) >= 11 is 0. The highest BCUT2D eigenvalue weighted by atomic mass is 15.5. The summed E-state index contributed by atoms with van der Waals surface area (Å²) in [4.78, 5) is 0. The minimum absolute atomic E-state index is 0.260. The monoisotopic (exact) mass is 316 g/mol. The zero-order valence-corrected chi connectivity index (χ0v) is 13.4. The van der Waals surface area contributed by atoms with E-state index in [1.165, 1.54) is 11.1 Å². The molecule has 0 unspecified atom stereocenters. The maximum absolute atomic E-state index is 9.19. The Morgan fingerprint density at radius 3 is 2.67 bits per heavy atom. The summed E-state index contributed by atoms with van der Waals surface area (Å²) in [6.07, 6.45) is 1.57. The first-order valence-corrected chi connectivity index (χ1v) is 7.45. The third-order valence-corrected chi connectivity index (χ3v) is 3.79. The van der Waals surface area contributed by atoms with Crippen LogP contribution in [0.1, 0.15) is 17.0 Å². The standard InChI is InChI=1S/C18H16N6/c1-12-6-7-15(8-13(12)2)14-4-3-5-17(9-14)20-11-16(10-19)18-21-23-24-22-18/h3-9,11,20H,1-2H3,(H,21,22,23,24). The van der Waals surface area contributed by atoms with Gasteiger partial charge in [0.15, 0.2) is 0 Å². The SMILES string of the molecule is Cc1ccc(-c2cccc(NC=C(C#N)c3nn[nH]n3)c2)cc1C. The molecule has 3 rings (SSSR count). The van der Waals surface area contributed by atoms with Crippen LogP contribution in [0.2, 0.25) is 0 Å². The van der Waals surface area contributed by atoms with Crippen molar-refractivity contribution >= 4 is 11.3 Å². The van der Waals surface area contributed by atoms with Gasteiger partial charge in [-0.25, -0.2) is 0 Å². The van der Waals surface area contributed by atoms with Crippen molar-refractivity contribution in [3.05, 3.63) is 65.6 Å². The quantitative estimate of drug-likeness (QED) is 0.719. The lowest BCUT2D eigenvalue weighted by Gasteiger charge is -2.08. The molecule has 1 aromatic heterocycles. The topological polar surface area (TPSA) is 90.3 Å². The average molecular weight is 316 g/mol. The number of hydrogen-bond acceptors (Lipinski definition) is 5. The fourth-order valence-electron chi connectivity index (χ4n) is 2.29. The van der Waals surface area contributed by atoms with Crippen molar-refractivity contribution in [3.63, 3.8) is 0 Å². The summed E-state index contributed by atoms with van der Waals surface area (Å²) in [7, 11) is 0. The molecule has 0 bridgehead atoms. The molecule has 2 aromatic carbocycles. The summed E-state index contributed by atoms with van der Waals surface area (Å²) in [6.45, 7) is 4.21. The normalized spacial score (nSPS) is 11.1. The highest BCUT2D eigenvalue weighted by molar-refractivity contribution is 5.75. The highest BCUT2D eigenvalue weighted by Crippen LogP contribution is 2.25. The Kier molecular flexibility index (Phi) is 4.34. The molecule has 24 heavy (non-hydrogen) atoms. The molecule has 1 heterocycles. The molecule has 3 aromatic rings. The first kappa shape index (κ1) is 15.4. The van der Waals surface area contributed by atoms with Crippen molar-refractivity contribution < 1.29 is 0 Å². The van der Waals surface area contributed by atoms with Crippen molar-refractivity contribution in [2.75, 3.05) is 5.32 Å². The Hall–Kier alpha value is -3.46. The third kappa shape index (κ3) is 3.31. The van der Waals surface area contributed by atoms with Gasteiger partial charge in [-0.3, -0.25) is 0 Å². The molecule has 0 atom stereocenters. The Morgan fingerprint density at radius 1 is 1.12 bits per heavy atom. The van der Waals surface area contributed by atoms with E-state index in [4.69, 9.17) is 0 Å². The first-order chi connectivity index (χ1) is 11.7. The summed E-state index contributed by atoms with van der Waals surface area (Å²) in [5.74, 6) is 0.260. The van der Waals surface area contributed by atoms with Gasteiger partial charge in [0.25, 0.3) is 0 Å². The lowest BCUT2D eigenvalue weighted by atomic mass is 10.0. The average Bonchev–Trinajstić information content (AvgIpc) is 3.13. The number of hydrogen-bond donors (Lipinski definition) is 2. The number of H-pyrrole nitrogens is 1. The molecule has 2 N–H and O–H groups in total. The highest BCUT2D eigenvalue weighted by Gasteiger charge is 2.06. The minimum atomic E-state index is 0.260. The molecule has 0 amide bonds. The van der Waals surface area contributed by atoms with E-state index in [0.29, 0.717) is 5.57 Å². The van der Waals surface area contributed by atoms with E-state index in [1.54, 1.807) is 6.20 Å². The van der Waals surface area contributed by atoms with Crippen molar-refractivity contribution in [3.8, 4) is 17.2 Å². The van der Waals surface area contributed by atoms with Crippen LogP contribution in [0, 0.1) is 25.2 Å². The number of aromatic nitrogens is 4. The van der Waals surface area contributed by atoms with Gasteiger partial charge in [0, 0.05) is 11.9 Å². The molecule has 0 aliphatic carbocycles. The molecule has 0 spiro atoms. The van der Waals surface area contributed by atoms with Crippen LogP contribution >= 0.6 is 0 Å². The van der Waals surface area contributed by atoms with Crippen LogP contribution in [0.4, 0.5) is 5.69 Å². The van der Waals surface area contributed by atoms with E-state index in [-0.39, 0.29) is 5.82 Å². The number of tetrazole rings is 1. The molecule has 0 saturated heterocycles. The van der Waals surface area contributed by atoms with Gasteiger partial charge >= 0.3 is 0 Å². The maximum Gasteiger partial charge on any atom is 0.216 e. The molecule has 118 valence electrons. The molecule has 0 saturated carbocycles. The predicted molar refractivity (Wildman–Crippen MR) is 92.7 cm³/mol. The molecule has 0 fully saturated rings. The molecule has 0 aliphatic heterocycles. The van der Waals surface area contributed by atoms with Crippen LogP contribution in [0.25, 0.3) is 16.7 Å². The zero-order chi connectivity index (χ0) is 16.9. The molecule has 6 nitrogen and oxygen atoms in total. The first-order valence-electron chi connectivity index (χ1n) is 7.45. The summed E-state index contributed by atoms with van der Waals surface area (Å²) in [5.41, 5.74) is 5.98. The number of nitriles is 1. The predicted octanol–water partition coefficient (Wildman–Crippen LogP) is 3.46. The second kappa shape index (κ2) is 6.75. The van der Waals surface area contributed by atoms with Gasteiger partial charge in [0.1, 0.15) is 11.6 Å². The molecule has 0 aliphatic rings. The van der Waals surface area contributed by atoms with Gasteiger partial charge in [-0.1, -0.05) is 30.3 Å². The fourth-order valence-corrected chi connectivity index (χ4v) is 2.29. The van der Waals surface area contributed by atoms with Crippen LogP contribution in [-0.2, 0) is 0 Å². The second-order valence-electron chi connectivity index (χ2n) is 5.43. The number of nitrogens with zero attached hydrogens (tertiary/aromatic N) is 4. The minimum Gasteiger partial charge on any atom is -0.360 e. The smallest absolute Gasteiger partial charge is 0.216 e. The Morgan fingerprint density at radius 2 is 1.96 bits per heavy atom. The number of aryl methyl sites for hydroxylation is 2. The van der Waals surface area contributed by atoms with Crippen LogP contribution < -0.4 is 5.32 Å². The van der Waals surface area contributed by atoms with Gasteiger partial charge in [-0.15, -0.1) is 10.2 Å². The number of anilines is 1. The molecular formula is C18H16N6. The Balaban J connectivity index is 1.85. The summed E-state index contributed by atoms with van der Waals surface area (Å²) < 4.78 is 0. The van der Waals surface area contributed by atoms with Crippen LogP contribution in [0.5, 0.6) is 0 Å². The van der Waals surface area contributed by atoms with Gasteiger partial charge in [0.2, 0.25) is 5.82 Å². The second-order valence-corrected chi connectivity index (χ2v) is 5.43. The van der Waals surface area contributed by atoms with E-state index in [2.05, 4.69) is 64.1 Å². The lowest BCUT2D eigenvalue weighted by molar-refractivity contribution is 0.881. The molecule has 0 radical (unpaired) electrons. The lowest BCUT2D eigenvalue weighted by Crippen LogP contribution is -1.93.